The Morgan fingerprint density at radius 1 is 1.48 bits per heavy atom. The van der Waals surface area contributed by atoms with E-state index in [2.05, 4.69) is 15.6 Å². The molecule has 0 saturated carbocycles. The van der Waals surface area contributed by atoms with Crippen LogP contribution in [0.15, 0.2) is 24.3 Å². The molecular weight excluding hydrogens is 346 g/mol. The fourth-order valence-electron chi connectivity index (χ4n) is 2.77. The molecule has 0 spiro atoms. The van der Waals surface area contributed by atoms with Gasteiger partial charge in [-0.05, 0) is 38.0 Å². The van der Waals surface area contributed by atoms with Gasteiger partial charge in [-0.2, -0.15) is 0 Å². The molecule has 2 aromatic rings. The van der Waals surface area contributed by atoms with Gasteiger partial charge in [0, 0.05) is 11.6 Å². The lowest BCUT2D eigenvalue weighted by Crippen LogP contribution is -2.51. The third kappa shape index (κ3) is 3.80. The summed E-state index contributed by atoms with van der Waals surface area (Å²) < 4.78 is 1.61. The first kappa shape index (κ1) is 17.4. The van der Waals surface area contributed by atoms with Gasteiger partial charge in [0.1, 0.15) is 6.04 Å². The van der Waals surface area contributed by atoms with Crippen molar-refractivity contribution in [2.75, 3.05) is 6.54 Å². The summed E-state index contributed by atoms with van der Waals surface area (Å²) in [5, 5.41) is 21.4. The molecule has 1 aromatic carbocycles. The van der Waals surface area contributed by atoms with Crippen molar-refractivity contribution in [3.05, 3.63) is 40.7 Å². The maximum Gasteiger partial charge on any atom is 0.268 e. The van der Waals surface area contributed by atoms with Crippen LogP contribution in [0.2, 0.25) is 5.02 Å². The number of hydrogen-bond acceptors (Lipinski definition) is 5. The number of rotatable bonds is 4. The summed E-state index contributed by atoms with van der Waals surface area (Å²) in [6, 6.07) is 6.46. The topological polar surface area (TPSA) is 100 Å². The first-order valence-corrected chi connectivity index (χ1v) is 8.30. The van der Waals surface area contributed by atoms with E-state index in [1.165, 1.54) is 0 Å². The quantitative estimate of drug-likeness (QED) is 0.797. The van der Waals surface area contributed by atoms with Crippen LogP contribution in [0.25, 0.3) is 5.69 Å². The molecule has 1 aliphatic rings. The standard InChI is InChI=1S/C16H18ClN5O3/c1-10-14(19-20-22(10)12-5-2-4-11(17)8-12)9-15(23)18-13-6-3-7-21(25)16(13)24/h2,4-5,8,13,25H,3,6-7,9H2,1H3,(H,18,23). The largest absolute Gasteiger partial charge is 0.344 e. The van der Waals surface area contributed by atoms with Crippen molar-refractivity contribution < 1.29 is 14.8 Å². The number of amides is 2. The van der Waals surface area contributed by atoms with Crippen molar-refractivity contribution in [1.29, 1.82) is 0 Å². The summed E-state index contributed by atoms with van der Waals surface area (Å²) in [7, 11) is 0. The van der Waals surface area contributed by atoms with Crippen LogP contribution in [0.4, 0.5) is 0 Å². The average molecular weight is 364 g/mol. The fraction of sp³-hybridized carbons (Fsp3) is 0.375. The van der Waals surface area contributed by atoms with Crippen LogP contribution in [0.5, 0.6) is 0 Å². The predicted octanol–water partition coefficient (Wildman–Crippen LogP) is 1.27. The summed E-state index contributed by atoms with van der Waals surface area (Å²) in [4.78, 5) is 24.0. The van der Waals surface area contributed by atoms with E-state index < -0.39 is 11.9 Å². The highest BCUT2D eigenvalue weighted by Crippen LogP contribution is 2.17. The van der Waals surface area contributed by atoms with Crippen LogP contribution >= 0.6 is 11.6 Å². The van der Waals surface area contributed by atoms with E-state index in [4.69, 9.17) is 11.6 Å². The van der Waals surface area contributed by atoms with E-state index in [0.717, 1.165) is 11.4 Å². The van der Waals surface area contributed by atoms with Crippen LogP contribution in [0.3, 0.4) is 0 Å². The molecule has 25 heavy (non-hydrogen) atoms. The number of hydrogen-bond donors (Lipinski definition) is 2. The average Bonchev–Trinajstić information content (AvgIpc) is 2.93. The summed E-state index contributed by atoms with van der Waals surface area (Å²) in [5.41, 5.74) is 1.99. The minimum atomic E-state index is -0.700. The number of benzene rings is 1. The number of halogens is 1. The van der Waals surface area contributed by atoms with Gasteiger partial charge in [0.15, 0.2) is 0 Å². The Balaban J connectivity index is 1.69. The van der Waals surface area contributed by atoms with Crippen molar-refractivity contribution in [1.82, 2.24) is 25.4 Å². The molecule has 2 N–H and O–H groups in total. The number of hydroxylamine groups is 2. The molecule has 1 unspecified atom stereocenters. The van der Waals surface area contributed by atoms with Crippen molar-refractivity contribution >= 4 is 23.4 Å². The minimum absolute atomic E-state index is 0.00159. The first-order chi connectivity index (χ1) is 12.0. The third-order valence-corrected chi connectivity index (χ3v) is 4.36. The Kier molecular flexibility index (Phi) is 5.00. The number of nitrogens with zero attached hydrogens (tertiary/aromatic N) is 4. The monoisotopic (exact) mass is 363 g/mol. The Hall–Kier alpha value is -2.45. The van der Waals surface area contributed by atoms with Crippen LogP contribution in [0, 0.1) is 6.92 Å². The van der Waals surface area contributed by atoms with Crippen LogP contribution in [0.1, 0.15) is 24.2 Å². The minimum Gasteiger partial charge on any atom is -0.344 e. The number of aromatic nitrogens is 3. The highest BCUT2D eigenvalue weighted by Gasteiger charge is 2.29. The first-order valence-electron chi connectivity index (χ1n) is 7.92. The van der Waals surface area contributed by atoms with Gasteiger partial charge in [0.25, 0.3) is 5.91 Å². The molecule has 0 bridgehead atoms. The maximum absolute atomic E-state index is 12.2. The molecule has 132 valence electrons. The van der Waals surface area contributed by atoms with Gasteiger partial charge >= 0.3 is 0 Å². The second kappa shape index (κ2) is 7.20. The molecule has 9 heteroatoms. The maximum atomic E-state index is 12.2. The molecule has 8 nitrogen and oxygen atoms in total. The molecule has 1 saturated heterocycles. The second-order valence-electron chi connectivity index (χ2n) is 5.91. The SMILES string of the molecule is Cc1c(CC(=O)NC2CCCN(O)C2=O)nnn1-c1cccc(Cl)c1. The molecule has 1 aliphatic heterocycles. The molecule has 0 aliphatic carbocycles. The van der Waals surface area contributed by atoms with Crippen LogP contribution < -0.4 is 5.32 Å². The van der Waals surface area contributed by atoms with Gasteiger partial charge in [-0.15, -0.1) is 5.10 Å². The third-order valence-electron chi connectivity index (χ3n) is 4.12. The van der Waals surface area contributed by atoms with Gasteiger partial charge in [0.05, 0.1) is 23.5 Å². The Morgan fingerprint density at radius 2 is 2.28 bits per heavy atom. The summed E-state index contributed by atoms with van der Waals surface area (Å²) >= 11 is 5.99. The lowest BCUT2D eigenvalue weighted by Gasteiger charge is -2.27. The van der Waals surface area contributed by atoms with Crippen molar-refractivity contribution in [2.45, 2.75) is 32.2 Å². The zero-order chi connectivity index (χ0) is 18.0. The highest BCUT2D eigenvalue weighted by atomic mass is 35.5. The van der Waals surface area contributed by atoms with Crippen LogP contribution in [-0.4, -0.2) is 49.7 Å². The molecular formula is C16H18ClN5O3. The molecule has 0 radical (unpaired) electrons. The van der Waals surface area contributed by atoms with Crippen LogP contribution in [-0.2, 0) is 16.0 Å². The number of carbonyl (C=O) groups excluding carboxylic acids is 2. The predicted molar refractivity (Wildman–Crippen MR) is 89.5 cm³/mol. The van der Waals surface area contributed by atoms with Gasteiger partial charge in [-0.1, -0.05) is 22.9 Å². The van der Waals surface area contributed by atoms with Gasteiger partial charge in [-0.25, -0.2) is 9.75 Å². The Morgan fingerprint density at radius 3 is 3.04 bits per heavy atom. The Bertz CT molecular complexity index is 807. The number of carbonyl (C=O) groups is 2. The fourth-order valence-corrected chi connectivity index (χ4v) is 2.95. The van der Waals surface area contributed by atoms with E-state index in [1.807, 2.05) is 13.0 Å². The molecule has 1 aromatic heterocycles. The smallest absolute Gasteiger partial charge is 0.268 e. The zero-order valence-corrected chi connectivity index (χ0v) is 14.4. The second-order valence-corrected chi connectivity index (χ2v) is 6.35. The lowest BCUT2D eigenvalue weighted by atomic mass is 10.1. The lowest BCUT2D eigenvalue weighted by molar-refractivity contribution is -0.173. The highest BCUT2D eigenvalue weighted by molar-refractivity contribution is 6.30. The van der Waals surface area contributed by atoms with Crippen molar-refractivity contribution in [3.8, 4) is 5.69 Å². The molecule has 1 fully saturated rings. The summed E-state index contributed by atoms with van der Waals surface area (Å²) in [6.45, 7) is 2.10. The Labute approximate surface area is 149 Å². The number of piperidine rings is 1. The van der Waals surface area contributed by atoms with Crippen molar-refractivity contribution in [2.24, 2.45) is 0 Å². The van der Waals surface area contributed by atoms with Crippen molar-refractivity contribution in [3.63, 3.8) is 0 Å². The molecule has 1 atom stereocenters. The number of nitrogens with one attached hydrogen (secondary N) is 1. The zero-order valence-electron chi connectivity index (χ0n) is 13.6. The molecule has 3 rings (SSSR count). The van der Waals surface area contributed by atoms with Gasteiger partial charge in [0.2, 0.25) is 5.91 Å². The normalized spacial score (nSPS) is 17.6. The summed E-state index contributed by atoms with van der Waals surface area (Å²) in [5.74, 6) is -0.825. The molecule has 2 heterocycles. The van der Waals surface area contributed by atoms with Gasteiger partial charge < -0.3 is 5.32 Å². The van der Waals surface area contributed by atoms with E-state index in [1.54, 1.807) is 22.9 Å². The van der Waals surface area contributed by atoms with E-state index in [9.17, 15) is 14.8 Å². The van der Waals surface area contributed by atoms with E-state index >= 15 is 0 Å². The van der Waals surface area contributed by atoms with E-state index in [-0.39, 0.29) is 18.9 Å². The summed E-state index contributed by atoms with van der Waals surface area (Å²) in [6.07, 6.45) is 1.15. The molecule has 2 amide bonds. The van der Waals surface area contributed by atoms with E-state index in [0.29, 0.717) is 28.6 Å². The van der Waals surface area contributed by atoms with Gasteiger partial charge in [-0.3, -0.25) is 14.8 Å².